The SMILES string of the molecule is NC(=O)C(O)CNc1ccc(N)nc1. The number of nitrogen functional groups attached to an aromatic ring is 1. The lowest BCUT2D eigenvalue weighted by Gasteiger charge is -2.08. The van der Waals surface area contributed by atoms with E-state index in [1.54, 1.807) is 12.1 Å². The predicted octanol–water partition coefficient (Wildman–Crippen LogP) is -1.08. The summed E-state index contributed by atoms with van der Waals surface area (Å²) >= 11 is 0. The van der Waals surface area contributed by atoms with Crippen LogP contribution in [0.15, 0.2) is 18.3 Å². The minimum Gasteiger partial charge on any atom is -0.384 e. The summed E-state index contributed by atoms with van der Waals surface area (Å²) in [5, 5.41) is 11.8. The van der Waals surface area contributed by atoms with E-state index in [9.17, 15) is 4.79 Å². The number of aliphatic hydroxyl groups excluding tert-OH is 1. The fraction of sp³-hybridized carbons (Fsp3) is 0.250. The molecule has 0 aliphatic carbocycles. The number of rotatable bonds is 4. The quantitative estimate of drug-likeness (QED) is 0.489. The molecule has 1 aromatic rings. The normalized spacial score (nSPS) is 12.1. The maximum atomic E-state index is 10.5. The molecular formula is C8H12N4O2. The van der Waals surface area contributed by atoms with Gasteiger partial charge < -0.3 is 21.9 Å². The number of aliphatic hydroxyl groups is 1. The van der Waals surface area contributed by atoms with Gasteiger partial charge in [0.15, 0.2) is 0 Å². The van der Waals surface area contributed by atoms with Crippen molar-refractivity contribution in [3.05, 3.63) is 18.3 Å². The number of carbonyl (C=O) groups is 1. The fourth-order valence-electron chi connectivity index (χ4n) is 0.825. The largest absolute Gasteiger partial charge is 0.384 e. The Balaban J connectivity index is 2.46. The number of nitrogens with two attached hydrogens (primary N) is 2. The molecule has 1 rings (SSSR count). The molecule has 0 aliphatic heterocycles. The third-order valence-electron chi connectivity index (χ3n) is 1.61. The van der Waals surface area contributed by atoms with Crippen LogP contribution >= 0.6 is 0 Å². The number of primary amides is 1. The Labute approximate surface area is 80.9 Å². The Hall–Kier alpha value is -1.82. The van der Waals surface area contributed by atoms with E-state index in [1.807, 2.05) is 0 Å². The van der Waals surface area contributed by atoms with Crippen molar-refractivity contribution in [2.75, 3.05) is 17.6 Å². The molecule has 6 nitrogen and oxygen atoms in total. The zero-order chi connectivity index (χ0) is 10.6. The molecule has 1 unspecified atom stereocenters. The molecule has 1 aromatic heterocycles. The highest BCUT2D eigenvalue weighted by atomic mass is 16.3. The minimum atomic E-state index is -1.20. The molecule has 1 atom stereocenters. The van der Waals surface area contributed by atoms with Gasteiger partial charge in [0.2, 0.25) is 5.91 Å². The van der Waals surface area contributed by atoms with Crippen LogP contribution in [0.4, 0.5) is 11.5 Å². The first-order chi connectivity index (χ1) is 6.59. The van der Waals surface area contributed by atoms with Crippen LogP contribution in [0.1, 0.15) is 0 Å². The number of hydrogen-bond donors (Lipinski definition) is 4. The maximum absolute atomic E-state index is 10.5. The Kier molecular flexibility index (Phi) is 3.24. The first-order valence-corrected chi connectivity index (χ1v) is 4.02. The van der Waals surface area contributed by atoms with Crippen LogP contribution in [-0.2, 0) is 4.79 Å². The van der Waals surface area contributed by atoms with E-state index in [-0.39, 0.29) is 6.54 Å². The standard InChI is InChI=1S/C8H12N4O2/c9-7-2-1-5(3-12-7)11-4-6(13)8(10)14/h1-3,6,11,13H,4H2,(H2,9,12)(H2,10,14). The molecule has 0 aromatic carbocycles. The number of nitrogens with one attached hydrogen (secondary N) is 1. The summed E-state index contributed by atoms with van der Waals surface area (Å²) in [7, 11) is 0. The predicted molar refractivity (Wildman–Crippen MR) is 52.3 cm³/mol. The molecule has 0 spiro atoms. The van der Waals surface area contributed by atoms with Crippen molar-refractivity contribution in [3.63, 3.8) is 0 Å². The van der Waals surface area contributed by atoms with Gasteiger partial charge in [0.1, 0.15) is 11.9 Å². The van der Waals surface area contributed by atoms with Gasteiger partial charge in [0.05, 0.1) is 11.9 Å². The third-order valence-corrected chi connectivity index (χ3v) is 1.61. The molecule has 6 heteroatoms. The van der Waals surface area contributed by atoms with Crippen LogP contribution < -0.4 is 16.8 Å². The molecule has 0 bridgehead atoms. The van der Waals surface area contributed by atoms with E-state index in [1.165, 1.54) is 6.20 Å². The van der Waals surface area contributed by atoms with Crippen molar-refractivity contribution in [2.45, 2.75) is 6.10 Å². The summed E-state index contributed by atoms with van der Waals surface area (Å²) in [6, 6.07) is 3.30. The van der Waals surface area contributed by atoms with Crippen molar-refractivity contribution >= 4 is 17.4 Å². The lowest BCUT2D eigenvalue weighted by atomic mass is 10.3. The molecule has 1 amide bonds. The Morgan fingerprint density at radius 3 is 2.86 bits per heavy atom. The van der Waals surface area contributed by atoms with E-state index in [2.05, 4.69) is 10.3 Å². The second-order valence-electron chi connectivity index (χ2n) is 2.77. The fourth-order valence-corrected chi connectivity index (χ4v) is 0.825. The van der Waals surface area contributed by atoms with Gasteiger partial charge in [0.25, 0.3) is 0 Å². The molecule has 6 N–H and O–H groups in total. The van der Waals surface area contributed by atoms with Crippen LogP contribution in [0.2, 0.25) is 0 Å². The number of amides is 1. The first kappa shape index (κ1) is 10.3. The molecule has 0 saturated heterocycles. The van der Waals surface area contributed by atoms with Crippen LogP contribution in [-0.4, -0.2) is 28.6 Å². The van der Waals surface area contributed by atoms with Crippen molar-refractivity contribution in [1.82, 2.24) is 4.98 Å². The summed E-state index contributed by atoms with van der Waals surface area (Å²) in [6.45, 7) is 0.0565. The number of aromatic nitrogens is 1. The van der Waals surface area contributed by atoms with Gasteiger partial charge >= 0.3 is 0 Å². The first-order valence-electron chi connectivity index (χ1n) is 4.02. The van der Waals surface area contributed by atoms with E-state index >= 15 is 0 Å². The molecule has 0 aliphatic rings. The number of carbonyl (C=O) groups excluding carboxylic acids is 1. The lowest BCUT2D eigenvalue weighted by Crippen LogP contribution is -2.34. The Morgan fingerprint density at radius 1 is 1.64 bits per heavy atom. The van der Waals surface area contributed by atoms with Gasteiger partial charge in [-0.3, -0.25) is 4.79 Å². The highest BCUT2D eigenvalue weighted by Crippen LogP contribution is 2.06. The van der Waals surface area contributed by atoms with Gasteiger partial charge in [0, 0.05) is 6.54 Å². The summed E-state index contributed by atoms with van der Waals surface area (Å²) in [6.07, 6.45) is 0.302. The lowest BCUT2D eigenvalue weighted by molar-refractivity contribution is -0.125. The highest BCUT2D eigenvalue weighted by Gasteiger charge is 2.09. The molecular weight excluding hydrogens is 184 g/mol. The van der Waals surface area contributed by atoms with Gasteiger partial charge in [-0.15, -0.1) is 0 Å². The van der Waals surface area contributed by atoms with E-state index in [0.717, 1.165) is 0 Å². The van der Waals surface area contributed by atoms with Gasteiger partial charge in [-0.05, 0) is 12.1 Å². The summed E-state index contributed by atoms with van der Waals surface area (Å²) in [4.78, 5) is 14.3. The van der Waals surface area contributed by atoms with E-state index < -0.39 is 12.0 Å². The van der Waals surface area contributed by atoms with Crippen molar-refractivity contribution in [1.29, 1.82) is 0 Å². The second-order valence-corrected chi connectivity index (χ2v) is 2.77. The average molecular weight is 196 g/mol. The van der Waals surface area contributed by atoms with Crippen LogP contribution in [0, 0.1) is 0 Å². The summed E-state index contributed by atoms with van der Waals surface area (Å²) in [5.41, 5.74) is 10.9. The number of pyridine rings is 1. The Bertz CT molecular complexity index is 312. The monoisotopic (exact) mass is 196 g/mol. The van der Waals surface area contributed by atoms with E-state index in [0.29, 0.717) is 11.5 Å². The maximum Gasteiger partial charge on any atom is 0.248 e. The molecule has 14 heavy (non-hydrogen) atoms. The molecule has 0 radical (unpaired) electrons. The molecule has 1 heterocycles. The van der Waals surface area contributed by atoms with Crippen molar-refractivity contribution in [2.24, 2.45) is 5.73 Å². The number of nitrogens with zero attached hydrogens (tertiary/aromatic N) is 1. The van der Waals surface area contributed by atoms with Crippen molar-refractivity contribution in [3.8, 4) is 0 Å². The zero-order valence-corrected chi connectivity index (χ0v) is 7.47. The zero-order valence-electron chi connectivity index (χ0n) is 7.47. The van der Waals surface area contributed by atoms with Crippen LogP contribution in [0.25, 0.3) is 0 Å². The topological polar surface area (TPSA) is 114 Å². The van der Waals surface area contributed by atoms with Crippen LogP contribution in [0.3, 0.4) is 0 Å². The van der Waals surface area contributed by atoms with Gasteiger partial charge in [-0.2, -0.15) is 0 Å². The van der Waals surface area contributed by atoms with Crippen molar-refractivity contribution < 1.29 is 9.90 Å². The third kappa shape index (κ3) is 2.91. The Morgan fingerprint density at radius 2 is 2.36 bits per heavy atom. The van der Waals surface area contributed by atoms with Gasteiger partial charge in [-0.1, -0.05) is 0 Å². The minimum absolute atomic E-state index is 0.0565. The second kappa shape index (κ2) is 4.43. The number of hydrogen-bond acceptors (Lipinski definition) is 5. The van der Waals surface area contributed by atoms with Crippen LogP contribution in [0.5, 0.6) is 0 Å². The smallest absolute Gasteiger partial charge is 0.248 e. The summed E-state index contributed by atoms with van der Waals surface area (Å²) < 4.78 is 0. The molecule has 0 fully saturated rings. The molecule has 76 valence electrons. The number of anilines is 2. The summed E-state index contributed by atoms with van der Waals surface area (Å²) in [5.74, 6) is -0.355. The molecule has 0 saturated carbocycles. The highest BCUT2D eigenvalue weighted by molar-refractivity contribution is 5.79. The van der Waals surface area contributed by atoms with E-state index in [4.69, 9.17) is 16.6 Å². The average Bonchev–Trinajstić information content (AvgIpc) is 2.16. The van der Waals surface area contributed by atoms with Gasteiger partial charge in [-0.25, -0.2) is 4.98 Å².